The highest BCUT2D eigenvalue weighted by atomic mass is 32.2. The lowest BCUT2D eigenvalue weighted by atomic mass is 10.1. The predicted octanol–water partition coefficient (Wildman–Crippen LogP) is 0.0678. The molecule has 1 saturated heterocycles. The molecule has 0 spiro atoms. The van der Waals surface area contributed by atoms with Crippen LogP contribution in [0.25, 0.3) is 0 Å². The van der Waals surface area contributed by atoms with Crippen molar-refractivity contribution in [3.63, 3.8) is 0 Å². The maximum Gasteiger partial charge on any atom is 0.211 e. The highest BCUT2D eigenvalue weighted by molar-refractivity contribution is 7.89. The molecule has 0 aromatic heterocycles. The van der Waals surface area contributed by atoms with Gasteiger partial charge in [-0.25, -0.2) is 13.1 Å². The van der Waals surface area contributed by atoms with E-state index < -0.39 is 10.0 Å². The fourth-order valence-corrected chi connectivity index (χ4v) is 2.90. The smallest absolute Gasteiger partial charge is 0.211 e. The van der Waals surface area contributed by atoms with Gasteiger partial charge in [-0.2, -0.15) is 0 Å². The molecular formula is C8H18N2O2S. The molecule has 0 aromatic carbocycles. The predicted molar refractivity (Wildman–Crippen MR) is 53.1 cm³/mol. The Hall–Kier alpha value is -0.130. The maximum absolute atomic E-state index is 11.4. The van der Waals surface area contributed by atoms with E-state index in [1.165, 1.54) is 0 Å². The van der Waals surface area contributed by atoms with Crippen LogP contribution in [0.4, 0.5) is 0 Å². The van der Waals surface area contributed by atoms with Crippen LogP contribution in [0.5, 0.6) is 0 Å². The number of rotatable bonds is 4. The number of nitrogens with one attached hydrogen (secondary N) is 2. The molecule has 0 amide bonds. The van der Waals surface area contributed by atoms with E-state index in [1.807, 2.05) is 6.92 Å². The van der Waals surface area contributed by atoms with E-state index in [1.54, 1.807) is 0 Å². The van der Waals surface area contributed by atoms with Gasteiger partial charge in [-0.1, -0.05) is 6.92 Å². The molecule has 1 heterocycles. The van der Waals surface area contributed by atoms with Crippen molar-refractivity contribution in [2.75, 3.05) is 18.8 Å². The third kappa shape index (κ3) is 4.06. The second kappa shape index (κ2) is 4.93. The molecule has 0 radical (unpaired) electrons. The van der Waals surface area contributed by atoms with E-state index in [4.69, 9.17) is 0 Å². The van der Waals surface area contributed by atoms with Crippen molar-refractivity contribution in [1.29, 1.82) is 0 Å². The van der Waals surface area contributed by atoms with E-state index in [0.717, 1.165) is 25.9 Å². The molecule has 2 N–H and O–H groups in total. The lowest BCUT2D eigenvalue weighted by Gasteiger charge is -2.23. The molecule has 4 nitrogen and oxygen atoms in total. The molecule has 1 aliphatic heterocycles. The van der Waals surface area contributed by atoms with Crippen molar-refractivity contribution >= 4 is 10.0 Å². The van der Waals surface area contributed by atoms with Crippen LogP contribution in [0.15, 0.2) is 0 Å². The van der Waals surface area contributed by atoms with Crippen molar-refractivity contribution < 1.29 is 8.42 Å². The summed E-state index contributed by atoms with van der Waals surface area (Å²) in [6, 6.07) is 0.102. The average Bonchev–Trinajstić information content (AvgIpc) is 2.04. The minimum atomic E-state index is -3.02. The molecule has 0 saturated carbocycles. The van der Waals surface area contributed by atoms with E-state index in [-0.39, 0.29) is 11.8 Å². The minimum Gasteiger partial charge on any atom is -0.315 e. The van der Waals surface area contributed by atoms with E-state index in [9.17, 15) is 8.42 Å². The number of piperidine rings is 1. The van der Waals surface area contributed by atoms with E-state index >= 15 is 0 Å². The summed E-state index contributed by atoms with van der Waals surface area (Å²) in [5.41, 5.74) is 0. The minimum absolute atomic E-state index is 0.102. The highest BCUT2D eigenvalue weighted by Crippen LogP contribution is 2.03. The molecular weight excluding hydrogens is 188 g/mol. The molecule has 0 aliphatic carbocycles. The van der Waals surface area contributed by atoms with Crippen LogP contribution >= 0.6 is 0 Å². The summed E-state index contributed by atoms with van der Waals surface area (Å²) in [5, 5.41) is 3.17. The summed E-state index contributed by atoms with van der Waals surface area (Å²) in [4.78, 5) is 0. The van der Waals surface area contributed by atoms with Crippen LogP contribution in [-0.4, -0.2) is 33.3 Å². The van der Waals surface area contributed by atoms with Crippen molar-refractivity contribution in [3.05, 3.63) is 0 Å². The SMILES string of the molecule is CCCS(=O)(=O)N[C@H]1CCCNC1. The maximum atomic E-state index is 11.4. The molecule has 5 heteroatoms. The van der Waals surface area contributed by atoms with Gasteiger partial charge < -0.3 is 5.32 Å². The van der Waals surface area contributed by atoms with E-state index in [2.05, 4.69) is 10.0 Å². The van der Waals surface area contributed by atoms with Gasteiger partial charge in [-0.3, -0.25) is 0 Å². The summed E-state index contributed by atoms with van der Waals surface area (Å²) in [6.07, 6.45) is 2.69. The normalized spacial score (nSPS) is 24.5. The standard InChI is InChI=1S/C8H18N2O2S/c1-2-6-13(11,12)10-8-4-3-5-9-7-8/h8-10H,2-7H2,1H3/t8-/m0/s1. The number of sulfonamides is 1. The van der Waals surface area contributed by atoms with Crippen LogP contribution in [-0.2, 0) is 10.0 Å². The van der Waals surface area contributed by atoms with Gasteiger partial charge in [0.25, 0.3) is 0 Å². The zero-order valence-corrected chi connectivity index (χ0v) is 8.86. The molecule has 1 fully saturated rings. The number of hydrogen-bond donors (Lipinski definition) is 2. The topological polar surface area (TPSA) is 58.2 Å². The van der Waals surface area contributed by atoms with Crippen LogP contribution in [0, 0.1) is 0 Å². The van der Waals surface area contributed by atoms with Crippen molar-refractivity contribution in [1.82, 2.24) is 10.0 Å². The summed E-state index contributed by atoms with van der Waals surface area (Å²) >= 11 is 0. The summed E-state index contributed by atoms with van der Waals surface area (Å²) in [5.74, 6) is 0.240. The summed E-state index contributed by atoms with van der Waals surface area (Å²) in [7, 11) is -3.02. The fourth-order valence-electron chi connectivity index (χ4n) is 1.53. The molecule has 1 rings (SSSR count). The molecule has 13 heavy (non-hydrogen) atoms. The molecule has 78 valence electrons. The fraction of sp³-hybridized carbons (Fsp3) is 1.00. The van der Waals surface area contributed by atoms with Crippen LogP contribution in [0.3, 0.4) is 0 Å². The molecule has 0 aromatic rings. The Morgan fingerprint density at radius 2 is 2.31 bits per heavy atom. The van der Waals surface area contributed by atoms with Crippen molar-refractivity contribution in [3.8, 4) is 0 Å². The number of hydrogen-bond acceptors (Lipinski definition) is 3. The lowest BCUT2D eigenvalue weighted by molar-refractivity contribution is 0.428. The van der Waals surface area contributed by atoms with Gasteiger partial charge in [-0.15, -0.1) is 0 Å². The monoisotopic (exact) mass is 206 g/mol. The van der Waals surface area contributed by atoms with E-state index in [0.29, 0.717) is 6.42 Å². The second-order valence-electron chi connectivity index (χ2n) is 3.48. The Kier molecular flexibility index (Phi) is 4.15. The quantitative estimate of drug-likeness (QED) is 0.684. The van der Waals surface area contributed by atoms with Gasteiger partial charge in [-0.05, 0) is 25.8 Å². The van der Waals surface area contributed by atoms with Gasteiger partial charge >= 0.3 is 0 Å². The highest BCUT2D eigenvalue weighted by Gasteiger charge is 2.18. The zero-order valence-electron chi connectivity index (χ0n) is 8.04. The third-order valence-electron chi connectivity index (χ3n) is 2.12. The van der Waals surface area contributed by atoms with Crippen molar-refractivity contribution in [2.45, 2.75) is 32.2 Å². The first-order valence-corrected chi connectivity index (χ1v) is 6.50. The van der Waals surface area contributed by atoms with Gasteiger partial charge in [0, 0.05) is 12.6 Å². The molecule has 0 bridgehead atoms. The molecule has 1 aliphatic rings. The Bertz CT molecular complexity index is 233. The largest absolute Gasteiger partial charge is 0.315 e. The Balaban J connectivity index is 2.37. The van der Waals surface area contributed by atoms with Crippen LogP contribution < -0.4 is 10.0 Å². The van der Waals surface area contributed by atoms with Gasteiger partial charge in [0.2, 0.25) is 10.0 Å². The summed E-state index contributed by atoms with van der Waals surface area (Å²) < 4.78 is 25.4. The Morgan fingerprint density at radius 1 is 1.54 bits per heavy atom. The summed E-state index contributed by atoms with van der Waals surface area (Å²) in [6.45, 7) is 3.65. The van der Waals surface area contributed by atoms with Gasteiger partial charge in [0.1, 0.15) is 0 Å². The average molecular weight is 206 g/mol. The first-order valence-electron chi connectivity index (χ1n) is 4.85. The van der Waals surface area contributed by atoms with Crippen LogP contribution in [0.2, 0.25) is 0 Å². The van der Waals surface area contributed by atoms with Crippen molar-refractivity contribution in [2.24, 2.45) is 0 Å². The van der Waals surface area contributed by atoms with Gasteiger partial charge in [0.15, 0.2) is 0 Å². The lowest BCUT2D eigenvalue weighted by Crippen LogP contribution is -2.46. The Labute approximate surface area is 80.1 Å². The molecule has 0 unspecified atom stereocenters. The van der Waals surface area contributed by atoms with Crippen LogP contribution in [0.1, 0.15) is 26.2 Å². The first kappa shape index (κ1) is 10.9. The Morgan fingerprint density at radius 3 is 2.85 bits per heavy atom. The van der Waals surface area contributed by atoms with Gasteiger partial charge in [0.05, 0.1) is 5.75 Å². The zero-order chi connectivity index (χ0) is 9.73. The second-order valence-corrected chi connectivity index (χ2v) is 5.35. The molecule has 1 atom stereocenters. The first-order chi connectivity index (χ1) is 6.14. The third-order valence-corrected chi connectivity index (χ3v) is 3.75.